The second-order valence-corrected chi connectivity index (χ2v) is 7.07. The summed E-state index contributed by atoms with van der Waals surface area (Å²) in [4.78, 5) is 20.7. The zero-order valence-corrected chi connectivity index (χ0v) is 16.3. The zero-order chi connectivity index (χ0) is 19.9. The summed E-state index contributed by atoms with van der Waals surface area (Å²) in [5.74, 6) is -0.170. The standard InChI is InChI=1S/C23H18N4OS/c28-22(11-6-17-4-2-1-3-5-17)25-19-7-9-20(10-8-19)26-23-27-21(16-29-23)18-12-14-24-15-13-18/h1-16H,(H,25,28)(H,26,27)/b11-6+. The molecule has 0 atom stereocenters. The molecule has 0 fully saturated rings. The minimum atomic E-state index is -0.170. The molecule has 2 aromatic heterocycles. The zero-order valence-electron chi connectivity index (χ0n) is 15.4. The van der Waals surface area contributed by atoms with Crippen molar-refractivity contribution in [2.75, 3.05) is 10.6 Å². The van der Waals surface area contributed by atoms with Crippen LogP contribution in [-0.4, -0.2) is 15.9 Å². The number of amides is 1. The predicted octanol–water partition coefficient (Wildman–Crippen LogP) is 5.60. The number of carbonyl (C=O) groups is 1. The Morgan fingerprint density at radius 3 is 2.38 bits per heavy atom. The Bertz CT molecular complexity index is 1110. The third-order valence-electron chi connectivity index (χ3n) is 4.11. The lowest BCUT2D eigenvalue weighted by Crippen LogP contribution is -2.07. The van der Waals surface area contributed by atoms with Crippen molar-refractivity contribution in [1.82, 2.24) is 9.97 Å². The molecular weight excluding hydrogens is 380 g/mol. The minimum Gasteiger partial charge on any atom is -0.332 e. The Labute approximate surface area is 172 Å². The van der Waals surface area contributed by atoms with Crippen molar-refractivity contribution in [2.45, 2.75) is 0 Å². The maximum Gasteiger partial charge on any atom is 0.248 e. The fraction of sp³-hybridized carbons (Fsp3) is 0. The normalized spacial score (nSPS) is 10.8. The van der Waals surface area contributed by atoms with E-state index < -0.39 is 0 Å². The third-order valence-corrected chi connectivity index (χ3v) is 4.87. The molecule has 4 aromatic rings. The van der Waals surface area contributed by atoms with Gasteiger partial charge in [-0.15, -0.1) is 11.3 Å². The number of aromatic nitrogens is 2. The van der Waals surface area contributed by atoms with Crippen molar-refractivity contribution in [3.8, 4) is 11.3 Å². The molecule has 0 bridgehead atoms. The van der Waals surface area contributed by atoms with E-state index in [0.29, 0.717) is 0 Å². The van der Waals surface area contributed by atoms with Crippen LogP contribution in [0.2, 0.25) is 0 Å². The van der Waals surface area contributed by atoms with Crippen LogP contribution in [0.3, 0.4) is 0 Å². The van der Waals surface area contributed by atoms with Crippen molar-refractivity contribution >= 4 is 39.8 Å². The maximum absolute atomic E-state index is 12.1. The average molecular weight is 398 g/mol. The lowest BCUT2D eigenvalue weighted by Gasteiger charge is -2.05. The lowest BCUT2D eigenvalue weighted by atomic mass is 10.2. The van der Waals surface area contributed by atoms with Crippen LogP contribution in [0.5, 0.6) is 0 Å². The van der Waals surface area contributed by atoms with Crippen molar-refractivity contribution in [1.29, 1.82) is 0 Å². The van der Waals surface area contributed by atoms with Gasteiger partial charge in [0.1, 0.15) is 0 Å². The van der Waals surface area contributed by atoms with Crippen LogP contribution in [0.4, 0.5) is 16.5 Å². The van der Waals surface area contributed by atoms with E-state index in [1.807, 2.05) is 72.1 Å². The summed E-state index contributed by atoms with van der Waals surface area (Å²) >= 11 is 1.54. The van der Waals surface area contributed by atoms with Crippen molar-refractivity contribution < 1.29 is 4.79 Å². The van der Waals surface area contributed by atoms with Gasteiger partial charge in [0.25, 0.3) is 0 Å². The number of hydrogen-bond donors (Lipinski definition) is 2. The average Bonchev–Trinajstić information content (AvgIpc) is 3.24. The van der Waals surface area contributed by atoms with Gasteiger partial charge in [-0.05, 0) is 48.0 Å². The highest BCUT2D eigenvalue weighted by Gasteiger charge is 2.05. The number of rotatable bonds is 6. The van der Waals surface area contributed by atoms with E-state index >= 15 is 0 Å². The molecule has 4 rings (SSSR count). The summed E-state index contributed by atoms with van der Waals surface area (Å²) in [6, 6.07) is 21.1. The van der Waals surface area contributed by atoms with Gasteiger partial charge in [0.2, 0.25) is 5.91 Å². The van der Waals surface area contributed by atoms with Gasteiger partial charge in [0.15, 0.2) is 5.13 Å². The maximum atomic E-state index is 12.1. The molecule has 2 N–H and O–H groups in total. The molecule has 6 heteroatoms. The van der Waals surface area contributed by atoms with Crippen molar-refractivity contribution in [2.24, 2.45) is 0 Å². The highest BCUT2D eigenvalue weighted by molar-refractivity contribution is 7.14. The van der Waals surface area contributed by atoms with Gasteiger partial charge >= 0.3 is 0 Å². The highest BCUT2D eigenvalue weighted by Crippen LogP contribution is 2.27. The molecule has 0 spiro atoms. The quantitative estimate of drug-likeness (QED) is 0.415. The summed E-state index contributed by atoms with van der Waals surface area (Å²) in [6.45, 7) is 0. The summed E-state index contributed by atoms with van der Waals surface area (Å²) in [5.41, 5.74) is 4.56. The first-order valence-electron chi connectivity index (χ1n) is 9.03. The summed E-state index contributed by atoms with van der Waals surface area (Å²) < 4.78 is 0. The van der Waals surface area contributed by atoms with E-state index in [1.165, 1.54) is 17.4 Å². The predicted molar refractivity (Wildman–Crippen MR) is 119 cm³/mol. The van der Waals surface area contributed by atoms with Gasteiger partial charge < -0.3 is 10.6 Å². The van der Waals surface area contributed by atoms with Crippen LogP contribution in [0.15, 0.2) is 90.6 Å². The molecule has 0 saturated heterocycles. The lowest BCUT2D eigenvalue weighted by molar-refractivity contribution is -0.111. The van der Waals surface area contributed by atoms with Crippen LogP contribution < -0.4 is 10.6 Å². The smallest absolute Gasteiger partial charge is 0.248 e. The van der Waals surface area contributed by atoms with Crippen LogP contribution in [-0.2, 0) is 4.79 Å². The van der Waals surface area contributed by atoms with Crippen LogP contribution in [0.1, 0.15) is 5.56 Å². The number of anilines is 3. The molecule has 0 aliphatic carbocycles. The van der Waals surface area contributed by atoms with Crippen LogP contribution in [0, 0.1) is 0 Å². The first kappa shape index (κ1) is 18.6. The fourth-order valence-corrected chi connectivity index (χ4v) is 3.41. The van der Waals surface area contributed by atoms with Crippen LogP contribution >= 0.6 is 11.3 Å². The second kappa shape index (κ2) is 8.95. The highest BCUT2D eigenvalue weighted by atomic mass is 32.1. The van der Waals surface area contributed by atoms with E-state index in [2.05, 4.69) is 20.6 Å². The molecule has 142 valence electrons. The fourth-order valence-electron chi connectivity index (χ4n) is 2.67. The van der Waals surface area contributed by atoms with Gasteiger partial charge in [0, 0.05) is 40.8 Å². The van der Waals surface area contributed by atoms with Crippen LogP contribution in [0.25, 0.3) is 17.3 Å². The molecule has 0 aliphatic rings. The van der Waals surface area contributed by atoms with Crippen molar-refractivity contribution in [3.63, 3.8) is 0 Å². The van der Waals surface area contributed by atoms with E-state index in [1.54, 1.807) is 18.5 Å². The first-order chi connectivity index (χ1) is 14.3. The first-order valence-corrected chi connectivity index (χ1v) is 9.91. The Kier molecular flexibility index (Phi) is 5.73. The monoisotopic (exact) mass is 398 g/mol. The van der Waals surface area contributed by atoms with E-state index in [-0.39, 0.29) is 5.91 Å². The molecule has 29 heavy (non-hydrogen) atoms. The van der Waals surface area contributed by atoms with Gasteiger partial charge in [0.05, 0.1) is 5.69 Å². The number of thiazole rings is 1. The molecular formula is C23H18N4OS. The Morgan fingerprint density at radius 1 is 0.897 bits per heavy atom. The molecule has 0 aliphatic heterocycles. The van der Waals surface area contributed by atoms with Gasteiger partial charge in [-0.25, -0.2) is 4.98 Å². The van der Waals surface area contributed by atoms with E-state index in [9.17, 15) is 4.79 Å². The number of nitrogens with zero attached hydrogens (tertiary/aromatic N) is 2. The topological polar surface area (TPSA) is 66.9 Å². The molecule has 0 saturated carbocycles. The number of benzene rings is 2. The van der Waals surface area contributed by atoms with Gasteiger partial charge in [-0.3, -0.25) is 9.78 Å². The summed E-state index contributed by atoms with van der Waals surface area (Å²) in [5, 5.41) is 8.95. The molecule has 5 nitrogen and oxygen atoms in total. The molecule has 2 aromatic carbocycles. The molecule has 2 heterocycles. The molecule has 0 radical (unpaired) electrons. The minimum absolute atomic E-state index is 0.170. The van der Waals surface area contributed by atoms with E-state index in [0.717, 1.165) is 33.3 Å². The Morgan fingerprint density at radius 2 is 1.62 bits per heavy atom. The second-order valence-electron chi connectivity index (χ2n) is 6.21. The Balaban J connectivity index is 1.35. The SMILES string of the molecule is O=C(/C=C/c1ccccc1)Nc1ccc(Nc2nc(-c3ccncc3)cs2)cc1. The molecule has 0 unspecified atom stereocenters. The number of hydrogen-bond acceptors (Lipinski definition) is 5. The summed E-state index contributed by atoms with van der Waals surface area (Å²) in [7, 11) is 0. The van der Waals surface area contributed by atoms with Gasteiger partial charge in [-0.2, -0.15) is 0 Å². The van der Waals surface area contributed by atoms with E-state index in [4.69, 9.17) is 0 Å². The number of nitrogens with one attached hydrogen (secondary N) is 2. The Hall–Kier alpha value is -3.77. The largest absolute Gasteiger partial charge is 0.332 e. The molecule has 1 amide bonds. The van der Waals surface area contributed by atoms with Gasteiger partial charge in [-0.1, -0.05) is 30.3 Å². The third kappa shape index (κ3) is 5.15. The number of pyridine rings is 1. The number of carbonyl (C=O) groups excluding carboxylic acids is 1. The van der Waals surface area contributed by atoms with Crippen molar-refractivity contribution in [3.05, 3.63) is 96.1 Å². The summed E-state index contributed by atoms with van der Waals surface area (Å²) in [6.07, 6.45) is 6.82.